The average Bonchev–Trinajstić information content (AvgIpc) is 3.28. The minimum atomic E-state index is -0.287. The van der Waals surface area contributed by atoms with Crippen molar-refractivity contribution in [3.63, 3.8) is 0 Å². The van der Waals surface area contributed by atoms with Gasteiger partial charge in [-0.05, 0) is 56.6 Å². The molecule has 2 aliphatic carbocycles. The van der Waals surface area contributed by atoms with Gasteiger partial charge >= 0.3 is 0 Å². The van der Waals surface area contributed by atoms with E-state index < -0.39 is 0 Å². The minimum absolute atomic E-state index is 0.287. The van der Waals surface area contributed by atoms with Crippen LogP contribution in [0, 0.1) is 24.6 Å². The van der Waals surface area contributed by atoms with E-state index in [0.29, 0.717) is 42.1 Å². The third kappa shape index (κ3) is 4.52. The summed E-state index contributed by atoms with van der Waals surface area (Å²) in [6.45, 7) is 2.88. The Balaban J connectivity index is 1.51. The predicted octanol–water partition coefficient (Wildman–Crippen LogP) is 5.83. The highest BCUT2D eigenvalue weighted by Gasteiger charge is 2.18. The lowest BCUT2D eigenvalue weighted by Gasteiger charge is -2.15. The van der Waals surface area contributed by atoms with Crippen LogP contribution in [0.1, 0.15) is 56.9 Å². The van der Waals surface area contributed by atoms with E-state index in [1.165, 1.54) is 51.4 Å². The maximum Gasteiger partial charge on any atom is 0.171 e. The van der Waals surface area contributed by atoms with Gasteiger partial charge in [-0.3, -0.25) is 0 Å². The Morgan fingerprint density at radius 3 is 2.42 bits per heavy atom. The molecule has 0 bridgehead atoms. The zero-order valence-electron chi connectivity index (χ0n) is 14.7. The maximum absolute atomic E-state index is 14.5. The molecule has 1 aromatic carbocycles. The summed E-state index contributed by atoms with van der Waals surface area (Å²) in [5.74, 6) is 1.97. The minimum Gasteiger partial charge on any atom is -0.490 e. The number of hydrogen-bond donors (Lipinski definition) is 0. The van der Waals surface area contributed by atoms with Crippen LogP contribution in [0.3, 0.4) is 0 Å². The molecular formula is C21H29FO2. The number of halogens is 1. The van der Waals surface area contributed by atoms with Gasteiger partial charge in [0.1, 0.15) is 12.4 Å². The van der Waals surface area contributed by atoms with Gasteiger partial charge in [0.2, 0.25) is 0 Å². The fourth-order valence-corrected chi connectivity index (χ4v) is 3.83. The number of rotatable bonds is 7. The largest absolute Gasteiger partial charge is 0.490 e. The summed E-state index contributed by atoms with van der Waals surface area (Å²) < 4.78 is 25.9. The van der Waals surface area contributed by atoms with Crippen molar-refractivity contribution in [3.8, 4) is 11.5 Å². The van der Waals surface area contributed by atoms with Crippen LogP contribution < -0.4 is 9.47 Å². The lowest BCUT2D eigenvalue weighted by molar-refractivity contribution is 0.240. The SMILES string of the molecule is Cc1c(OC/C=C/C2CCCC2)ccc(OCC2CCCC2)c1F. The van der Waals surface area contributed by atoms with E-state index in [4.69, 9.17) is 9.47 Å². The Morgan fingerprint density at radius 2 is 1.67 bits per heavy atom. The van der Waals surface area contributed by atoms with Crippen LogP contribution in [0.25, 0.3) is 0 Å². The molecule has 3 heteroatoms. The molecule has 0 spiro atoms. The van der Waals surface area contributed by atoms with Crippen molar-refractivity contribution in [2.24, 2.45) is 11.8 Å². The summed E-state index contributed by atoms with van der Waals surface area (Å²) in [6.07, 6.45) is 14.5. The molecule has 1 aromatic rings. The van der Waals surface area contributed by atoms with Crippen molar-refractivity contribution in [3.05, 3.63) is 35.7 Å². The average molecular weight is 332 g/mol. The molecule has 2 saturated carbocycles. The molecule has 0 aromatic heterocycles. The summed E-state index contributed by atoms with van der Waals surface area (Å²) in [6, 6.07) is 3.53. The summed E-state index contributed by atoms with van der Waals surface area (Å²) in [7, 11) is 0. The van der Waals surface area contributed by atoms with E-state index in [0.717, 1.165) is 0 Å². The first kappa shape index (κ1) is 17.3. The van der Waals surface area contributed by atoms with E-state index in [2.05, 4.69) is 12.2 Å². The third-order valence-corrected chi connectivity index (χ3v) is 5.39. The second kappa shape index (κ2) is 8.55. The van der Waals surface area contributed by atoms with Crippen molar-refractivity contribution in [2.75, 3.05) is 13.2 Å². The molecule has 0 atom stereocenters. The van der Waals surface area contributed by atoms with Crippen LogP contribution in [0.5, 0.6) is 11.5 Å². The Hall–Kier alpha value is -1.51. The predicted molar refractivity (Wildman–Crippen MR) is 95.2 cm³/mol. The standard InChI is InChI=1S/C21H29FO2/c1-16-19(23-14-6-11-17-7-2-3-8-17)12-13-20(21(16)22)24-15-18-9-4-5-10-18/h6,11-13,17-18H,2-5,7-10,14-15H2,1H3/b11-6+. The van der Waals surface area contributed by atoms with Crippen LogP contribution in [-0.4, -0.2) is 13.2 Å². The molecule has 24 heavy (non-hydrogen) atoms. The van der Waals surface area contributed by atoms with Gasteiger partial charge in [0.15, 0.2) is 11.6 Å². The van der Waals surface area contributed by atoms with Gasteiger partial charge in [-0.2, -0.15) is 0 Å². The second-order valence-electron chi connectivity index (χ2n) is 7.25. The first-order valence-electron chi connectivity index (χ1n) is 9.45. The van der Waals surface area contributed by atoms with E-state index >= 15 is 0 Å². The first-order valence-corrected chi connectivity index (χ1v) is 9.45. The smallest absolute Gasteiger partial charge is 0.171 e. The molecule has 0 aliphatic heterocycles. The Bertz CT molecular complexity index is 555. The van der Waals surface area contributed by atoms with Gasteiger partial charge < -0.3 is 9.47 Å². The highest BCUT2D eigenvalue weighted by molar-refractivity contribution is 5.41. The van der Waals surface area contributed by atoms with Crippen LogP contribution in [0.4, 0.5) is 4.39 Å². The van der Waals surface area contributed by atoms with E-state index in [1.807, 2.05) is 6.07 Å². The van der Waals surface area contributed by atoms with Crippen molar-refractivity contribution < 1.29 is 13.9 Å². The molecule has 0 saturated heterocycles. The summed E-state index contributed by atoms with van der Waals surface area (Å²) in [5.41, 5.74) is 0.535. The molecular weight excluding hydrogens is 303 g/mol. The van der Waals surface area contributed by atoms with Crippen molar-refractivity contribution in [2.45, 2.75) is 58.3 Å². The van der Waals surface area contributed by atoms with E-state index in [9.17, 15) is 4.39 Å². The Labute approximate surface area is 145 Å². The first-order chi connectivity index (χ1) is 11.7. The maximum atomic E-state index is 14.5. The highest BCUT2D eigenvalue weighted by Crippen LogP contribution is 2.31. The molecule has 0 radical (unpaired) electrons. The lowest BCUT2D eigenvalue weighted by atomic mass is 10.1. The fraction of sp³-hybridized carbons (Fsp3) is 0.619. The van der Waals surface area contributed by atoms with Gasteiger partial charge in [0.05, 0.1) is 6.61 Å². The number of allylic oxidation sites excluding steroid dienone is 1. The monoisotopic (exact) mass is 332 g/mol. The molecule has 0 heterocycles. The molecule has 2 nitrogen and oxygen atoms in total. The van der Waals surface area contributed by atoms with Crippen LogP contribution in [-0.2, 0) is 0 Å². The molecule has 3 rings (SSSR count). The van der Waals surface area contributed by atoms with Gasteiger partial charge in [-0.15, -0.1) is 0 Å². The van der Waals surface area contributed by atoms with Crippen LogP contribution in [0.15, 0.2) is 24.3 Å². The van der Waals surface area contributed by atoms with Gasteiger partial charge in [-0.25, -0.2) is 4.39 Å². The van der Waals surface area contributed by atoms with Gasteiger partial charge in [0, 0.05) is 5.56 Å². The topological polar surface area (TPSA) is 18.5 Å². The molecule has 0 amide bonds. The van der Waals surface area contributed by atoms with Crippen molar-refractivity contribution in [1.29, 1.82) is 0 Å². The molecule has 132 valence electrons. The zero-order chi connectivity index (χ0) is 16.8. The molecule has 0 unspecified atom stereocenters. The lowest BCUT2D eigenvalue weighted by Crippen LogP contribution is -2.09. The zero-order valence-corrected chi connectivity index (χ0v) is 14.7. The quantitative estimate of drug-likeness (QED) is 0.585. The Morgan fingerprint density at radius 1 is 1.00 bits per heavy atom. The fourth-order valence-electron chi connectivity index (χ4n) is 3.83. The van der Waals surface area contributed by atoms with Crippen molar-refractivity contribution >= 4 is 0 Å². The van der Waals surface area contributed by atoms with Crippen LogP contribution >= 0.6 is 0 Å². The normalized spacial score (nSPS) is 19.4. The Kier molecular flexibility index (Phi) is 6.17. The molecule has 2 aliphatic rings. The summed E-state index contributed by atoms with van der Waals surface area (Å²) in [4.78, 5) is 0. The van der Waals surface area contributed by atoms with Crippen LogP contribution in [0.2, 0.25) is 0 Å². The number of hydrogen-bond acceptors (Lipinski definition) is 2. The van der Waals surface area contributed by atoms with E-state index in [-0.39, 0.29) is 5.82 Å². The number of ether oxygens (including phenoxy) is 2. The summed E-state index contributed by atoms with van der Waals surface area (Å²) >= 11 is 0. The summed E-state index contributed by atoms with van der Waals surface area (Å²) in [5, 5.41) is 0. The third-order valence-electron chi connectivity index (χ3n) is 5.39. The second-order valence-corrected chi connectivity index (χ2v) is 7.25. The van der Waals surface area contributed by atoms with Gasteiger partial charge in [-0.1, -0.05) is 37.8 Å². The molecule has 2 fully saturated rings. The van der Waals surface area contributed by atoms with E-state index in [1.54, 1.807) is 13.0 Å². The number of benzene rings is 1. The molecule has 0 N–H and O–H groups in total. The highest BCUT2D eigenvalue weighted by atomic mass is 19.1. The van der Waals surface area contributed by atoms with Crippen molar-refractivity contribution in [1.82, 2.24) is 0 Å². The van der Waals surface area contributed by atoms with Gasteiger partial charge in [0.25, 0.3) is 0 Å².